The van der Waals surface area contributed by atoms with Crippen molar-refractivity contribution in [1.82, 2.24) is 4.72 Å². The van der Waals surface area contributed by atoms with Gasteiger partial charge in [-0.3, -0.25) is 14.3 Å². The third-order valence-corrected chi connectivity index (χ3v) is 6.10. The second-order valence-corrected chi connectivity index (χ2v) is 9.49. The van der Waals surface area contributed by atoms with Crippen LogP contribution < -0.4 is 9.62 Å². The van der Waals surface area contributed by atoms with Crippen molar-refractivity contribution in [3.05, 3.63) is 30.1 Å². The molecule has 2 amide bonds. The van der Waals surface area contributed by atoms with E-state index in [1.807, 2.05) is 6.92 Å². The van der Waals surface area contributed by atoms with Gasteiger partial charge in [0.15, 0.2) is 0 Å². The maximum absolute atomic E-state index is 13.3. The van der Waals surface area contributed by atoms with Gasteiger partial charge in [0, 0.05) is 11.7 Å². The lowest BCUT2D eigenvalue weighted by molar-refractivity contribution is -0.133. The van der Waals surface area contributed by atoms with Crippen LogP contribution in [0, 0.1) is 17.7 Å². The van der Waals surface area contributed by atoms with Gasteiger partial charge in [0.2, 0.25) is 21.8 Å². The maximum atomic E-state index is 13.3. The number of carbonyl (C=O) groups is 2. The highest BCUT2D eigenvalue weighted by Gasteiger charge is 2.38. The lowest BCUT2D eigenvalue weighted by atomic mass is 9.98. The summed E-state index contributed by atoms with van der Waals surface area (Å²) in [7, 11) is -3.77. The van der Waals surface area contributed by atoms with Crippen LogP contribution in [-0.2, 0) is 19.6 Å². The Morgan fingerprint density at radius 3 is 2.32 bits per heavy atom. The van der Waals surface area contributed by atoms with E-state index in [0.29, 0.717) is 24.9 Å². The van der Waals surface area contributed by atoms with Gasteiger partial charge < -0.3 is 4.90 Å². The van der Waals surface area contributed by atoms with Crippen LogP contribution in [-0.4, -0.2) is 32.0 Å². The number of benzene rings is 1. The first-order valence-electron chi connectivity index (χ1n) is 9.77. The van der Waals surface area contributed by atoms with Crippen molar-refractivity contribution in [1.29, 1.82) is 0 Å². The first-order chi connectivity index (χ1) is 13.1. The van der Waals surface area contributed by atoms with Crippen LogP contribution in [0.4, 0.5) is 10.1 Å². The molecule has 0 bridgehead atoms. The number of unbranched alkanes of at least 4 members (excludes halogenated alkanes) is 1. The highest BCUT2D eigenvalue weighted by molar-refractivity contribution is 7.90. The van der Waals surface area contributed by atoms with E-state index in [-0.39, 0.29) is 17.7 Å². The van der Waals surface area contributed by atoms with E-state index in [1.165, 1.54) is 29.2 Å². The number of amides is 2. The predicted molar refractivity (Wildman–Crippen MR) is 107 cm³/mol. The van der Waals surface area contributed by atoms with Crippen molar-refractivity contribution in [3.63, 3.8) is 0 Å². The number of hydrogen-bond acceptors (Lipinski definition) is 4. The molecule has 1 fully saturated rings. The standard InChI is InChI=1S/C20H29FN2O4S/c1-4-5-12-28(26,27)22-19(24)18(13-15-6-7-15)20(25)23(14(2)3)17-10-8-16(21)9-11-17/h8-11,14-15,18H,4-7,12-13H2,1-3H3,(H,22,24). The number of halogens is 1. The Hall–Kier alpha value is -1.96. The quantitative estimate of drug-likeness (QED) is 0.598. The number of rotatable bonds is 10. The summed E-state index contributed by atoms with van der Waals surface area (Å²) in [5.74, 6) is -2.64. The molecule has 2 rings (SSSR count). The lowest BCUT2D eigenvalue weighted by Crippen LogP contribution is -2.48. The summed E-state index contributed by atoms with van der Waals surface area (Å²) in [5.41, 5.74) is 0.476. The van der Waals surface area contributed by atoms with E-state index in [2.05, 4.69) is 4.72 Å². The molecular weight excluding hydrogens is 383 g/mol. The minimum Gasteiger partial charge on any atom is -0.309 e. The molecule has 0 radical (unpaired) electrons. The average Bonchev–Trinajstić information content (AvgIpc) is 3.43. The topological polar surface area (TPSA) is 83.5 Å². The first-order valence-corrected chi connectivity index (χ1v) is 11.4. The van der Waals surface area contributed by atoms with E-state index < -0.39 is 33.6 Å². The molecule has 1 saturated carbocycles. The number of nitrogens with one attached hydrogen (secondary N) is 1. The monoisotopic (exact) mass is 412 g/mol. The maximum Gasteiger partial charge on any atom is 0.246 e. The van der Waals surface area contributed by atoms with Gasteiger partial charge in [0.1, 0.15) is 11.7 Å². The summed E-state index contributed by atoms with van der Waals surface area (Å²) in [6, 6.07) is 5.20. The molecule has 156 valence electrons. The van der Waals surface area contributed by atoms with Gasteiger partial charge in [-0.05, 0) is 56.9 Å². The van der Waals surface area contributed by atoms with Crippen LogP contribution in [0.5, 0.6) is 0 Å². The van der Waals surface area contributed by atoms with Gasteiger partial charge in [0.25, 0.3) is 0 Å². The summed E-state index contributed by atoms with van der Waals surface area (Å²) in [4.78, 5) is 27.4. The first kappa shape index (κ1) is 22.3. The smallest absolute Gasteiger partial charge is 0.246 e. The van der Waals surface area contributed by atoms with Gasteiger partial charge in [-0.2, -0.15) is 0 Å². The highest BCUT2D eigenvalue weighted by atomic mass is 32.2. The molecule has 0 heterocycles. The van der Waals surface area contributed by atoms with E-state index in [9.17, 15) is 22.4 Å². The lowest BCUT2D eigenvalue weighted by Gasteiger charge is -2.30. The molecule has 1 aliphatic carbocycles. The number of carbonyl (C=O) groups excluding carboxylic acids is 2. The SMILES string of the molecule is CCCCS(=O)(=O)NC(=O)C(CC1CC1)C(=O)N(c1ccc(F)cc1)C(C)C. The summed E-state index contributed by atoms with van der Waals surface area (Å²) in [5, 5.41) is 0. The van der Waals surface area contributed by atoms with Gasteiger partial charge in [0.05, 0.1) is 5.75 Å². The fraction of sp³-hybridized carbons (Fsp3) is 0.600. The predicted octanol–water partition coefficient (Wildman–Crippen LogP) is 3.23. The van der Waals surface area contributed by atoms with Crippen molar-refractivity contribution in [2.24, 2.45) is 11.8 Å². The van der Waals surface area contributed by atoms with E-state index in [1.54, 1.807) is 13.8 Å². The van der Waals surface area contributed by atoms with E-state index >= 15 is 0 Å². The Labute approximate surface area is 166 Å². The summed E-state index contributed by atoms with van der Waals surface area (Å²) in [6.07, 6.45) is 3.30. The number of hydrogen-bond donors (Lipinski definition) is 1. The summed E-state index contributed by atoms with van der Waals surface area (Å²) >= 11 is 0. The van der Waals surface area contributed by atoms with Crippen LogP contribution in [0.15, 0.2) is 24.3 Å². The van der Waals surface area contributed by atoms with Gasteiger partial charge in [-0.1, -0.05) is 26.2 Å². The summed E-state index contributed by atoms with van der Waals surface area (Å²) in [6.45, 7) is 5.46. The zero-order chi connectivity index (χ0) is 20.9. The van der Waals surface area contributed by atoms with Crippen LogP contribution >= 0.6 is 0 Å². The summed E-state index contributed by atoms with van der Waals surface area (Å²) < 4.78 is 39.6. The van der Waals surface area contributed by atoms with Gasteiger partial charge in [-0.15, -0.1) is 0 Å². The van der Waals surface area contributed by atoms with Crippen LogP contribution in [0.25, 0.3) is 0 Å². The van der Waals surface area contributed by atoms with Crippen molar-refractivity contribution < 1.29 is 22.4 Å². The van der Waals surface area contributed by atoms with E-state index in [0.717, 1.165) is 12.8 Å². The van der Waals surface area contributed by atoms with E-state index in [4.69, 9.17) is 0 Å². The molecule has 0 spiro atoms. The molecule has 0 saturated heterocycles. The minimum atomic E-state index is -3.77. The molecule has 1 N–H and O–H groups in total. The van der Waals surface area contributed by atoms with Gasteiger partial charge in [-0.25, -0.2) is 12.8 Å². The minimum absolute atomic E-state index is 0.147. The largest absolute Gasteiger partial charge is 0.309 e. The molecule has 28 heavy (non-hydrogen) atoms. The van der Waals surface area contributed by atoms with Crippen molar-refractivity contribution in [2.75, 3.05) is 10.7 Å². The second kappa shape index (κ2) is 9.49. The molecule has 0 aliphatic heterocycles. The van der Waals surface area contributed by atoms with Crippen LogP contribution in [0.1, 0.15) is 52.9 Å². The Balaban J connectivity index is 2.25. The molecule has 6 nitrogen and oxygen atoms in total. The average molecular weight is 413 g/mol. The van der Waals surface area contributed by atoms with Crippen molar-refractivity contribution in [3.8, 4) is 0 Å². The molecule has 1 aromatic carbocycles. The van der Waals surface area contributed by atoms with Crippen molar-refractivity contribution >= 4 is 27.5 Å². The zero-order valence-electron chi connectivity index (χ0n) is 16.7. The second-order valence-electron chi connectivity index (χ2n) is 7.65. The zero-order valence-corrected chi connectivity index (χ0v) is 17.5. The molecule has 0 aromatic heterocycles. The van der Waals surface area contributed by atoms with Crippen molar-refractivity contribution in [2.45, 2.75) is 58.9 Å². The molecule has 1 aliphatic rings. The molecule has 1 unspecified atom stereocenters. The molecule has 8 heteroatoms. The normalized spacial score (nSPS) is 15.3. The van der Waals surface area contributed by atoms with Crippen LogP contribution in [0.3, 0.4) is 0 Å². The van der Waals surface area contributed by atoms with Gasteiger partial charge >= 0.3 is 0 Å². The Bertz CT molecular complexity index is 789. The third kappa shape index (κ3) is 6.29. The Kier molecular flexibility index (Phi) is 7.57. The molecule has 1 atom stereocenters. The third-order valence-electron chi connectivity index (χ3n) is 4.76. The number of sulfonamides is 1. The molecule has 1 aromatic rings. The fourth-order valence-electron chi connectivity index (χ4n) is 3.07. The number of nitrogens with zero attached hydrogens (tertiary/aromatic N) is 1. The fourth-order valence-corrected chi connectivity index (χ4v) is 4.29. The number of anilines is 1. The Morgan fingerprint density at radius 1 is 1.21 bits per heavy atom. The molecular formula is C20H29FN2O4S. The highest BCUT2D eigenvalue weighted by Crippen LogP contribution is 2.36. The Morgan fingerprint density at radius 2 is 1.82 bits per heavy atom. The van der Waals surface area contributed by atoms with Crippen LogP contribution in [0.2, 0.25) is 0 Å².